The van der Waals surface area contributed by atoms with Crippen LogP contribution >= 0.6 is 0 Å². The normalized spacial score (nSPS) is 26.2. The Kier molecular flexibility index (Phi) is 4.47. The molecule has 3 atom stereocenters. The van der Waals surface area contributed by atoms with Crippen LogP contribution in [0.5, 0.6) is 0 Å². The lowest BCUT2D eigenvalue weighted by Crippen LogP contribution is -2.48. The van der Waals surface area contributed by atoms with E-state index in [2.05, 4.69) is 4.90 Å². The number of piperidine rings is 1. The maximum atomic E-state index is 11.4. The summed E-state index contributed by atoms with van der Waals surface area (Å²) in [6, 6.07) is 0.128. The van der Waals surface area contributed by atoms with Crippen molar-refractivity contribution in [2.24, 2.45) is 11.8 Å². The van der Waals surface area contributed by atoms with Gasteiger partial charge in [0.25, 0.3) is 0 Å². The number of hydrogen-bond acceptors (Lipinski definition) is 4. The molecule has 1 fully saturated rings. The number of hydrogen-bond donors (Lipinski definition) is 0. The Morgan fingerprint density at radius 2 is 2.12 bits per heavy atom. The average Bonchev–Trinajstić information content (AvgIpc) is 2.29. The lowest BCUT2D eigenvalue weighted by Gasteiger charge is -2.36. The summed E-state index contributed by atoms with van der Waals surface area (Å²) in [6.07, 6.45) is 0.597. The van der Waals surface area contributed by atoms with E-state index in [0.29, 0.717) is 12.2 Å². The predicted molar refractivity (Wildman–Crippen MR) is 61.0 cm³/mol. The Hall–Kier alpha value is -0.900. The van der Waals surface area contributed by atoms with E-state index in [4.69, 9.17) is 4.74 Å². The molecule has 0 radical (unpaired) electrons. The van der Waals surface area contributed by atoms with Gasteiger partial charge in [-0.15, -0.1) is 0 Å². The smallest absolute Gasteiger partial charge is 0.309 e. The van der Waals surface area contributed by atoms with E-state index >= 15 is 0 Å². The molecule has 0 N–H and O–H groups in total. The van der Waals surface area contributed by atoms with Gasteiger partial charge >= 0.3 is 5.97 Å². The van der Waals surface area contributed by atoms with Gasteiger partial charge in [0, 0.05) is 31.5 Å². The Balaban J connectivity index is 2.57. The van der Waals surface area contributed by atoms with Crippen molar-refractivity contribution >= 4 is 11.8 Å². The largest absolute Gasteiger partial charge is 0.469 e. The van der Waals surface area contributed by atoms with Crippen molar-refractivity contribution in [1.29, 1.82) is 0 Å². The minimum Gasteiger partial charge on any atom is -0.469 e. The number of ketones is 1. The van der Waals surface area contributed by atoms with Crippen LogP contribution in [0.3, 0.4) is 0 Å². The molecule has 0 spiro atoms. The number of Topliss-reactive ketones (excluding diaryl/α,β-unsaturated/α-hetero) is 1. The molecule has 0 aromatic rings. The molecular formula is C12H21NO3. The van der Waals surface area contributed by atoms with Gasteiger partial charge in [-0.1, -0.05) is 13.8 Å². The third kappa shape index (κ3) is 2.82. The van der Waals surface area contributed by atoms with Crippen LogP contribution in [0, 0.1) is 11.8 Å². The number of methoxy groups -OCH3 is 1. The van der Waals surface area contributed by atoms with Crippen LogP contribution in [0.2, 0.25) is 0 Å². The van der Waals surface area contributed by atoms with Crippen molar-refractivity contribution in [1.82, 2.24) is 4.90 Å². The summed E-state index contributed by atoms with van der Waals surface area (Å²) in [5.74, 6) is 0.0812. The van der Waals surface area contributed by atoms with Gasteiger partial charge in [-0.25, -0.2) is 0 Å². The highest BCUT2D eigenvalue weighted by Gasteiger charge is 2.31. The number of esters is 1. The highest BCUT2D eigenvalue weighted by molar-refractivity contribution is 5.81. The van der Waals surface area contributed by atoms with Crippen molar-refractivity contribution in [3.8, 4) is 0 Å². The van der Waals surface area contributed by atoms with Crippen molar-refractivity contribution < 1.29 is 14.3 Å². The number of likely N-dealkylation sites (tertiary alicyclic amines) is 1. The summed E-state index contributed by atoms with van der Waals surface area (Å²) >= 11 is 0. The van der Waals surface area contributed by atoms with Gasteiger partial charge in [-0.2, -0.15) is 0 Å². The molecule has 1 saturated heterocycles. The van der Waals surface area contributed by atoms with E-state index in [9.17, 15) is 9.59 Å². The van der Waals surface area contributed by atoms with E-state index in [-0.39, 0.29) is 23.8 Å². The summed E-state index contributed by atoms with van der Waals surface area (Å²) in [7, 11) is 1.41. The van der Waals surface area contributed by atoms with Crippen molar-refractivity contribution in [3.05, 3.63) is 0 Å². The highest BCUT2D eigenvalue weighted by Crippen LogP contribution is 2.19. The molecule has 1 rings (SSSR count). The topological polar surface area (TPSA) is 46.6 Å². The predicted octanol–water partition coefficient (Wildman–Crippen LogP) is 1.09. The summed E-state index contributed by atoms with van der Waals surface area (Å²) < 4.78 is 4.74. The van der Waals surface area contributed by atoms with Gasteiger partial charge < -0.3 is 4.74 Å². The molecule has 4 nitrogen and oxygen atoms in total. The van der Waals surface area contributed by atoms with Gasteiger partial charge in [0.15, 0.2) is 0 Å². The lowest BCUT2D eigenvalue weighted by molar-refractivity contribution is -0.147. The zero-order valence-corrected chi connectivity index (χ0v) is 10.5. The fraction of sp³-hybridized carbons (Fsp3) is 0.833. The first-order valence-corrected chi connectivity index (χ1v) is 5.82. The first kappa shape index (κ1) is 13.2. The van der Waals surface area contributed by atoms with Crippen LogP contribution in [-0.2, 0) is 14.3 Å². The molecule has 16 heavy (non-hydrogen) atoms. The summed E-state index contributed by atoms with van der Waals surface area (Å²) in [5.41, 5.74) is 0. The molecular weight excluding hydrogens is 206 g/mol. The van der Waals surface area contributed by atoms with Gasteiger partial charge in [-0.05, 0) is 6.92 Å². The van der Waals surface area contributed by atoms with Gasteiger partial charge in [0.05, 0.1) is 13.0 Å². The fourth-order valence-electron chi connectivity index (χ4n) is 2.11. The van der Waals surface area contributed by atoms with Crippen LogP contribution in [0.15, 0.2) is 0 Å². The molecule has 0 bridgehead atoms. The SMILES string of the molecule is COC(=O)C(C)C(C)N1CCC(=O)C(C)C1. The van der Waals surface area contributed by atoms with Crippen LogP contribution in [0.4, 0.5) is 0 Å². The van der Waals surface area contributed by atoms with E-state index < -0.39 is 0 Å². The number of ether oxygens (including phenoxy) is 1. The highest BCUT2D eigenvalue weighted by atomic mass is 16.5. The summed E-state index contributed by atoms with van der Waals surface area (Å²) in [4.78, 5) is 25.0. The number of nitrogens with zero attached hydrogens (tertiary/aromatic N) is 1. The first-order chi connectivity index (χ1) is 7.47. The third-order valence-corrected chi connectivity index (χ3v) is 3.58. The standard InChI is InChI=1S/C12H21NO3/c1-8-7-13(6-5-11(8)14)10(3)9(2)12(15)16-4/h8-10H,5-7H2,1-4H3. The van der Waals surface area contributed by atoms with E-state index in [1.165, 1.54) is 7.11 Å². The molecule has 92 valence electrons. The Morgan fingerprint density at radius 3 is 2.62 bits per heavy atom. The van der Waals surface area contributed by atoms with E-state index in [0.717, 1.165) is 13.1 Å². The minimum absolute atomic E-state index is 0.0843. The molecule has 1 aliphatic rings. The van der Waals surface area contributed by atoms with Crippen LogP contribution in [0.25, 0.3) is 0 Å². The van der Waals surface area contributed by atoms with Gasteiger partial charge in [-0.3, -0.25) is 14.5 Å². The van der Waals surface area contributed by atoms with Gasteiger partial charge in [0.2, 0.25) is 0 Å². The van der Waals surface area contributed by atoms with Crippen LogP contribution in [-0.4, -0.2) is 42.9 Å². The molecule has 0 amide bonds. The van der Waals surface area contributed by atoms with Crippen molar-refractivity contribution in [3.63, 3.8) is 0 Å². The van der Waals surface area contributed by atoms with Crippen LogP contribution < -0.4 is 0 Å². The zero-order valence-electron chi connectivity index (χ0n) is 10.5. The number of carbonyl (C=O) groups is 2. The molecule has 1 heterocycles. The Labute approximate surface area is 96.9 Å². The second-order valence-electron chi connectivity index (χ2n) is 4.66. The average molecular weight is 227 g/mol. The second kappa shape index (κ2) is 5.43. The molecule has 4 heteroatoms. The lowest BCUT2D eigenvalue weighted by atomic mass is 9.94. The monoisotopic (exact) mass is 227 g/mol. The number of rotatable bonds is 3. The molecule has 0 saturated carbocycles. The van der Waals surface area contributed by atoms with E-state index in [1.54, 1.807) is 0 Å². The maximum absolute atomic E-state index is 11.4. The molecule has 0 aromatic carbocycles. The van der Waals surface area contributed by atoms with Crippen molar-refractivity contribution in [2.75, 3.05) is 20.2 Å². The zero-order chi connectivity index (χ0) is 12.3. The summed E-state index contributed by atoms with van der Waals surface area (Å²) in [6.45, 7) is 7.35. The molecule has 3 unspecified atom stereocenters. The number of carbonyl (C=O) groups excluding carboxylic acids is 2. The Bertz CT molecular complexity index is 277. The minimum atomic E-state index is -0.183. The second-order valence-corrected chi connectivity index (χ2v) is 4.66. The molecule has 0 aromatic heterocycles. The summed E-state index contributed by atoms with van der Waals surface area (Å²) in [5, 5.41) is 0. The quantitative estimate of drug-likeness (QED) is 0.677. The van der Waals surface area contributed by atoms with Crippen molar-refractivity contribution in [2.45, 2.75) is 33.2 Å². The first-order valence-electron chi connectivity index (χ1n) is 5.82. The third-order valence-electron chi connectivity index (χ3n) is 3.58. The van der Waals surface area contributed by atoms with E-state index in [1.807, 2.05) is 20.8 Å². The molecule has 1 aliphatic heterocycles. The maximum Gasteiger partial charge on any atom is 0.309 e. The molecule has 0 aliphatic carbocycles. The van der Waals surface area contributed by atoms with Gasteiger partial charge in [0.1, 0.15) is 5.78 Å². The Morgan fingerprint density at radius 1 is 1.50 bits per heavy atom. The fourth-order valence-corrected chi connectivity index (χ4v) is 2.11. The van der Waals surface area contributed by atoms with Crippen LogP contribution in [0.1, 0.15) is 27.2 Å².